The SMILES string of the molecule is N#CCCCS(=O)(=O)Nc1ccc(OCc2ccccc2F)cc1. The van der Waals surface area contributed by atoms with Gasteiger partial charge >= 0.3 is 0 Å². The maximum absolute atomic E-state index is 13.5. The second-order valence-corrected chi connectivity index (χ2v) is 6.93. The van der Waals surface area contributed by atoms with Crippen molar-refractivity contribution in [3.8, 4) is 11.8 Å². The van der Waals surface area contributed by atoms with Crippen molar-refractivity contribution >= 4 is 15.7 Å². The van der Waals surface area contributed by atoms with Gasteiger partial charge in [0.25, 0.3) is 0 Å². The number of nitrogens with zero attached hydrogens (tertiary/aromatic N) is 1. The van der Waals surface area contributed by atoms with Crippen molar-refractivity contribution in [3.05, 3.63) is 59.9 Å². The number of ether oxygens (including phenoxy) is 1. The first-order valence-electron chi connectivity index (χ1n) is 7.34. The zero-order valence-corrected chi connectivity index (χ0v) is 13.7. The minimum atomic E-state index is -3.47. The number of anilines is 1. The molecule has 0 saturated carbocycles. The van der Waals surface area contributed by atoms with Gasteiger partial charge in [-0.05, 0) is 36.8 Å². The Morgan fingerprint density at radius 3 is 2.50 bits per heavy atom. The highest BCUT2D eigenvalue weighted by Gasteiger charge is 2.10. The minimum absolute atomic E-state index is 0.0892. The van der Waals surface area contributed by atoms with Crippen molar-refractivity contribution in [2.24, 2.45) is 0 Å². The predicted octanol–water partition coefficient (Wildman–Crippen LogP) is 3.45. The molecule has 0 atom stereocenters. The molecule has 0 aliphatic carbocycles. The molecule has 126 valence electrons. The summed E-state index contributed by atoms with van der Waals surface area (Å²) in [7, 11) is -3.47. The predicted molar refractivity (Wildman–Crippen MR) is 89.4 cm³/mol. The Labute approximate surface area is 140 Å². The second-order valence-electron chi connectivity index (χ2n) is 5.09. The molecule has 0 bridgehead atoms. The van der Waals surface area contributed by atoms with Crippen LogP contribution in [0.2, 0.25) is 0 Å². The smallest absolute Gasteiger partial charge is 0.232 e. The van der Waals surface area contributed by atoms with Gasteiger partial charge in [-0.15, -0.1) is 0 Å². The lowest BCUT2D eigenvalue weighted by Crippen LogP contribution is -2.16. The Kier molecular flexibility index (Phi) is 6.15. The van der Waals surface area contributed by atoms with Crippen LogP contribution >= 0.6 is 0 Å². The van der Waals surface area contributed by atoms with Gasteiger partial charge < -0.3 is 4.74 Å². The van der Waals surface area contributed by atoms with Crippen LogP contribution in [0.1, 0.15) is 18.4 Å². The molecule has 0 fully saturated rings. The lowest BCUT2D eigenvalue weighted by Gasteiger charge is -2.10. The highest BCUT2D eigenvalue weighted by Crippen LogP contribution is 2.19. The fourth-order valence-corrected chi connectivity index (χ4v) is 3.09. The molecule has 7 heteroatoms. The molecule has 2 aromatic carbocycles. The normalized spacial score (nSPS) is 10.8. The molecule has 0 spiro atoms. The van der Waals surface area contributed by atoms with Gasteiger partial charge in [-0.25, -0.2) is 12.8 Å². The van der Waals surface area contributed by atoms with Gasteiger partial charge in [-0.3, -0.25) is 4.72 Å². The number of rotatable bonds is 8. The maximum atomic E-state index is 13.5. The number of unbranched alkanes of at least 4 members (excludes halogenated alkanes) is 1. The van der Waals surface area contributed by atoms with Crippen LogP contribution in [-0.2, 0) is 16.6 Å². The van der Waals surface area contributed by atoms with Crippen LogP contribution in [0.25, 0.3) is 0 Å². The fourth-order valence-electron chi connectivity index (χ4n) is 1.97. The number of halogens is 1. The molecule has 0 amide bonds. The zero-order valence-electron chi connectivity index (χ0n) is 12.9. The number of hydrogen-bond acceptors (Lipinski definition) is 4. The quantitative estimate of drug-likeness (QED) is 0.741. The molecule has 0 aliphatic rings. The molecule has 1 N–H and O–H groups in total. The van der Waals surface area contributed by atoms with E-state index in [0.717, 1.165) is 0 Å². The third-order valence-electron chi connectivity index (χ3n) is 3.18. The van der Waals surface area contributed by atoms with Crippen LogP contribution in [-0.4, -0.2) is 14.2 Å². The molecule has 0 aliphatic heterocycles. The first-order chi connectivity index (χ1) is 11.5. The Balaban J connectivity index is 1.91. The van der Waals surface area contributed by atoms with Crippen LogP contribution in [0, 0.1) is 17.1 Å². The van der Waals surface area contributed by atoms with Gasteiger partial charge in [-0.1, -0.05) is 18.2 Å². The molecule has 2 rings (SSSR count). The van der Waals surface area contributed by atoms with Gasteiger partial charge in [0, 0.05) is 17.7 Å². The Morgan fingerprint density at radius 1 is 1.12 bits per heavy atom. The highest BCUT2D eigenvalue weighted by atomic mass is 32.2. The number of nitrogens with one attached hydrogen (secondary N) is 1. The topological polar surface area (TPSA) is 79.2 Å². The number of sulfonamides is 1. The van der Waals surface area contributed by atoms with Gasteiger partial charge in [0.15, 0.2) is 0 Å². The zero-order chi connectivity index (χ0) is 17.4. The Bertz CT molecular complexity index is 814. The van der Waals surface area contributed by atoms with E-state index in [-0.39, 0.29) is 31.0 Å². The van der Waals surface area contributed by atoms with Crippen molar-refractivity contribution < 1.29 is 17.5 Å². The van der Waals surface area contributed by atoms with Crippen LogP contribution in [0.3, 0.4) is 0 Å². The van der Waals surface area contributed by atoms with Crippen molar-refractivity contribution in [1.82, 2.24) is 0 Å². The summed E-state index contributed by atoms with van der Waals surface area (Å²) in [6.45, 7) is 0.0892. The summed E-state index contributed by atoms with van der Waals surface area (Å²) in [6.07, 6.45) is 0.486. The van der Waals surface area contributed by atoms with Gasteiger partial charge in [0.05, 0.1) is 11.8 Å². The molecule has 0 radical (unpaired) electrons. The highest BCUT2D eigenvalue weighted by molar-refractivity contribution is 7.92. The summed E-state index contributed by atoms with van der Waals surface area (Å²) in [5.74, 6) is 0.0662. The monoisotopic (exact) mass is 348 g/mol. The molecule has 2 aromatic rings. The standard InChI is InChI=1S/C17H17FN2O3S/c18-17-6-2-1-5-14(17)13-23-16-9-7-15(8-10-16)20-24(21,22)12-4-3-11-19/h1-2,5-10,20H,3-4,12-13H2. The first kappa shape index (κ1) is 17.8. The summed E-state index contributed by atoms with van der Waals surface area (Å²) in [5.41, 5.74) is 0.852. The summed E-state index contributed by atoms with van der Waals surface area (Å²) in [6, 6.07) is 14.6. The largest absolute Gasteiger partial charge is 0.489 e. The van der Waals surface area contributed by atoms with E-state index >= 15 is 0 Å². The van der Waals surface area contributed by atoms with E-state index in [4.69, 9.17) is 10.00 Å². The van der Waals surface area contributed by atoms with Crippen molar-refractivity contribution in [2.45, 2.75) is 19.4 Å². The van der Waals surface area contributed by atoms with Gasteiger partial charge in [0.1, 0.15) is 18.2 Å². The maximum Gasteiger partial charge on any atom is 0.232 e. The number of benzene rings is 2. The van der Waals surface area contributed by atoms with Crippen molar-refractivity contribution in [1.29, 1.82) is 5.26 Å². The summed E-state index contributed by atoms with van der Waals surface area (Å²) in [5, 5.41) is 8.43. The number of hydrogen-bond donors (Lipinski definition) is 1. The minimum Gasteiger partial charge on any atom is -0.489 e. The van der Waals surface area contributed by atoms with E-state index in [1.807, 2.05) is 6.07 Å². The molecule has 0 heterocycles. The third-order valence-corrected chi connectivity index (χ3v) is 4.55. The van der Waals surface area contributed by atoms with Crippen LogP contribution in [0.4, 0.5) is 10.1 Å². The van der Waals surface area contributed by atoms with E-state index in [9.17, 15) is 12.8 Å². The lowest BCUT2D eigenvalue weighted by atomic mass is 10.2. The second kappa shape index (κ2) is 8.31. The summed E-state index contributed by atoms with van der Waals surface area (Å²) < 4.78 is 45.0. The lowest BCUT2D eigenvalue weighted by molar-refractivity contribution is 0.300. The molecule has 0 unspecified atom stereocenters. The van der Waals surface area contributed by atoms with E-state index < -0.39 is 10.0 Å². The van der Waals surface area contributed by atoms with E-state index in [0.29, 0.717) is 17.0 Å². The summed E-state index contributed by atoms with van der Waals surface area (Å²) >= 11 is 0. The molecule has 0 saturated heterocycles. The average Bonchev–Trinajstić information content (AvgIpc) is 2.55. The molecule has 0 aromatic heterocycles. The fraction of sp³-hybridized carbons (Fsp3) is 0.235. The number of nitriles is 1. The Hall–Kier alpha value is -2.59. The van der Waals surface area contributed by atoms with E-state index in [1.165, 1.54) is 6.07 Å². The van der Waals surface area contributed by atoms with E-state index in [1.54, 1.807) is 42.5 Å². The Morgan fingerprint density at radius 2 is 1.83 bits per heavy atom. The van der Waals surface area contributed by atoms with Crippen molar-refractivity contribution in [3.63, 3.8) is 0 Å². The van der Waals surface area contributed by atoms with Gasteiger partial charge in [-0.2, -0.15) is 5.26 Å². The third kappa shape index (κ3) is 5.56. The average molecular weight is 348 g/mol. The van der Waals surface area contributed by atoms with Crippen LogP contribution < -0.4 is 9.46 Å². The van der Waals surface area contributed by atoms with Crippen molar-refractivity contribution in [2.75, 3.05) is 10.5 Å². The van der Waals surface area contributed by atoms with Crippen LogP contribution in [0.5, 0.6) is 5.75 Å². The molecule has 5 nitrogen and oxygen atoms in total. The van der Waals surface area contributed by atoms with E-state index in [2.05, 4.69) is 4.72 Å². The van der Waals surface area contributed by atoms with Gasteiger partial charge in [0.2, 0.25) is 10.0 Å². The summed E-state index contributed by atoms with van der Waals surface area (Å²) in [4.78, 5) is 0. The first-order valence-corrected chi connectivity index (χ1v) is 8.99. The van der Waals surface area contributed by atoms with Crippen LogP contribution in [0.15, 0.2) is 48.5 Å². The molecule has 24 heavy (non-hydrogen) atoms. The molecular formula is C17H17FN2O3S. The molecular weight excluding hydrogens is 331 g/mol.